The topological polar surface area (TPSA) is 15.3 Å². The van der Waals surface area contributed by atoms with Gasteiger partial charge < -0.3 is 10.2 Å². The highest BCUT2D eigenvalue weighted by atomic mass is 35.5. The van der Waals surface area contributed by atoms with E-state index in [9.17, 15) is 0 Å². The highest BCUT2D eigenvalue weighted by molar-refractivity contribution is 6.30. The molecule has 0 atom stereocenters. The number of nitrogens with zero attached hydrogens (tertiary/aromatic N) is 1. The number of rotatable bonds is 4. The van der Waals surface area contributed by atoms with Crippen LogP contribution in [0.4, 0.5) is 0 Å². The van der Waals surface area contributed by atoms with E-state index in [4.69, 9.17) is 11.6 Å². The Labute approximate surface area is 109 Å². The molecule has 1 aromatic rings. The minimum absolute atomic E-state index is 0.694. The second-order valence-electron chi connectivity index (χ2n) is 4.77. The second-order valence-corrected chi connectivity index (χ2v) is 5.21. The average molecular weight is 253 g/mol. The smallest absolute Gasteiger partial charge is 0.0408 e. The lowest BCUT2D eigenvalue weighted by atomic mass is 9.89. The number of hydrogen-bond donors (Lipinski definition) is 1. The molecular formula is C14H21ClN2. The van der Waals surface area contributed by atoms with Crippen molar-refractivity contribution in [2.24, 2.45) is 0 Å². The normalized spacial score (nSPS) is 18.5. The average Bonchev–Trinajstić information content (AvgIpc) is 2.37. The number of piperidine rings is 1. The molecule has 1 aliphatic rings. The molecule has 1 fully saturated rings. The van der Waals surface area contributed by atoms with E-state index >= 15 is 0 Å². The van der Waals surface area contributed by atoms with Crippen LogP contribution in [-0.4, -0.2) is 38.1 Å². The molecule has 0 aromatic heterocycles. The van der Waals surface area contributed by atoms with Crippen molar-refractivity contribution in [1.82, 2.24) is 10.2 Å². The van der Waals surface area contributed by atoms with Crippen molar-refractivity contribution in [3.63, 3.8) is 0 Å². The summed E-state index contributed by atoms with van der Waals surface area (Å²) < 4.78 is 0. The fourth-order valence-electron chi connectivity index (χ4n) is 2.52. The van der Waals surface area contributed by atoms with Gasteiger partial charge in [-0.25, -0.2) is 0 Å². The summed E-state index contributed by atoms with van der Waals surface area (Å²) in [6, 6.07) is 8.34. The Bertz CT molecular complexity index is 346. The molecule has 1 heterocycles. The Morgan fingerprint density at radius 1 is 1.35 bits per heavy atom. The first-order valence-electron chi connectivity index (χ1n) is 6.42. The molecular weight excluding hydrogens is 232 g/mol. The summed E-state index contributed by atoms with van der Waals surface area (Å²) in [7, 11) is 2.01. The summed E-state index contributed by atoms with van der Waals surface area (Å²) in [6.45, 7) is 4.66. The molecule has 0 radical (unpaired) electrons. The van der Waals surface area contributed by atoms with E-state index in [1.165, 1.54) is 38.0 Å². The molecule has 0 amide bonds. The van der Waals surface area contributed by atoms with E-state index in [2.05, 4.69) is 28.4 Å². The molecule has 1 saturated heterocycles. The van der Waals surface area contributed by atoms with Crippen LogP contribution in [0.5, 0.6) is 0 Å². The van der Waals surface area contributed by atoms with Crippen molar-refractivity contribution >= 4 is 11.6 Å². The number of hydrogen-bond acceptors (Lipinski definition) is 2. The van der Waals surface area contributed by atoms with E-state index in [0.29, 0.717) is 5.92 Å². The lowest BCUT2D eigenvalue weighted by Crippen LogP contribution is -2.37. The first-order valence-corrected chi connectivity index (χ1v) is 6.80. The zero-order chi connectivity index (χ0) is 12.1. The van der Waals surface area contributed by atoms with Gasteiger partial charge in [0.15, 0.2) is 0 Å². The highest BCUT2D eigenvalue weighted by Gasteiger charge is 2.20. The summed E-state index contributed by atoms with van der Waals surface area (Å²) in [5.74, 6) is 0.694. The molecule has 2 nitrogen and oxygen atoms in total. The summed E-state index contributed by atoms with van der Waals surface area (Å²) in [6.07, 6.45) is 2.51. The van der Waals surface area contributed by atoms with Crippen LogP contribution in [0.2, 0.25) is 5.02 Å². The van der Waals surface area contributed by atoms with Crippen molar-refractivity contribution in [3.8, 4) is 0 Å². The standard InChI is InChI=1S/C14H21ClN2/c1-16-7-10-17-8-5-12(6-9-17)13-3-2-4-14(15)11-13/h2-4,11-12,16H,5-10H2,1H3. The summed E-state index contributed by atoms with van der Waals surface area (Å²) in [5.41, 5.74) is 1.41. The largest absolute Gasteiger partial charge is 0.318 e. The first-order chi connectivity index (χ1) is 8.29. The Balaban J connectivity index is 1.86. The molecule has 2 rings (SSSR count). The second kappa shape index (κ2) is 6.39. The quantitative estimate of drug-likeness (QED) is 0.887. The van der Waals surface area contributed by atoms with Crippen molar-refractivity contribution in [1.29, 1.82) is 0 Å². The molecule has 0 aliphatic carbocycles. The maximum absolute atomic E-state index is 6.04. The first kappa shape index (κ1) is 12.9. The molecule has 0 unspecified atom stereocenters. The van der Waals surface area contributed by atoms with Gasteiger partial charge in [0.25, 0.3) is 0 Å². The third kappa shape index (κ3) is 3.70. The fraction of sp³-hybridized carbons (Fsp3) is 0.571. The molecule has 0 saturated carbocycles. The van der Waals surface area contributed by atoms with E-state index < -0.39 is 0 Å². The zero-order valence-electron chi connectivity index (χ0n) is 10.5. The van der Waals surface area contributed by atoms with Gasteiger partial charge in [-0.05, 0) is 56.6 Å². The van der Waals surface area contributed by atoms with E-state index in [0.717, 1.165) is 11.6 Å². The minimum atomic E-state index is 0.694. The van der Waals surface area contributed by atoms with Crippen LogP contribution in [0.25, 0.3) is 0 Å². The summed E-state index contributed by atoms with van der Waals surface area (Å²) in [4.78, 5) is 2.54. The third-order valence-electron chi connectivity index (χ3n) is 3.59. The van der Waals surface area contributed by atoms with Gasteiger partial charge in [0.2, 0.25) is 0 Å². The van der Waals surface area contributed by atoms with Crippen LogP contribution in [0.1, 0.15) is 24.3 Å². The monoisotopic (exact) mass is 252 g/mol. The molecule has 94 valence electrons. The van der Waals surface area contributed by atoms with E-state index in [1.807, 2.05) is 13.1 Å². The maximum Gasteiger partial charge on any atom is 0.0408 e. The molecule has 1 aliphatic heterocycles. The summed E-state index contributed by atoms with van der Waals surface area (Å²) in [5, 5.41) is 4.07. The predicted octanol–water partition coefficient (Wildman–Crippen LogP) is 2.74. The molecule has 0 bridgehead atoms. The van der Waals surface area contributed by atoms with Crippen molar-refractivity contribution in [2.45, 2.75) is 18.8 Å². The van der Waals surface area contributed by atoms with Crippen molar-refractivity contribution in [2.75, 3.05) is 33.2 Å². The highest BCUT2D eigenvalue weighted by Crippen LogP contribution is 2.29. The van der Waals surface area contributed by atoms with Gasteiger partial charge >= 0.3 is 0 Å². The molecule has 1 N–H and O–H groups in total. The van der Waals surface area contributed by atoms with Gasteiger partial charge in [-0.3, -0.25) is 0 Å². The van der Waals surface area contributed by atoms with Crippen LogP contribution < -0.4 is 5.32 Å². The van der Waals surface area contributed by atoms with Gasteiger partial charge in [-0.2, -0.15) is 0 Å². The molecule has 1 aromatic carbocycles. The van der Waals surface area contributed by atoms with Gasteiger partial charge in [0.05, 0.1) is 0 Å². The van der Waals surface area contributed by atoms with Crippen LogP contribution in [0.15, 0.2) is 24.3 Å². The third-order valence-corrected chi connectivity index (χ3v) is 3.82. The van der Waals surface area contributed by atoms with Gasteiger partial charge in [-0.15, -0.1) is 0 Å². The van der Waals surface area contributed by atoms with Crippen LogP contribution in [-0.2, 0) is 0 Å². The Morgan fingerprint density at radius 2 is 2.12 bits per heavy atom. The molecule has 3 heteroatoms. The Hall–Kier alpha value is -0.570. The number of likely N-dealkylation sites (N-methyl/N-ethyl adjacent to an activating group) is 1. The van der Waals surface area contributed by atoms with Crippen molar-refractivity contribution < 1.29 is 0 Å². The lowest BCUT2D eigenvalue weighted by Gasteiger charge is -2.32. The summed E-state index contributed by atoms with van der Waals surface area (Å²) >= 11 is 6.04. The fourth-order valence-corrected chi connectivity index (χ4v) is 2.72. The van der Waals surface area contributed by atoms with E-state index in [1.54, 1.807) is 0 Å². The molecule has 0 spiro atoms. The Morgan fingerprint density at radius 3 is 2.76 bits per heavy atom. The minimum Gasteiger partial charge on any atom is -0.318 e. The number of nitrogens with one attached hydrogen (secondary N) is 1. The van der Waals surface area contributed by atoms with Gasteiger partial charge in [0.1, 0.15) is 0 Å². The Kier molecular flexibility index (Phi) is 4.84. The van der Waals surface area contributed by atoms with Gasteiger partial charge in [-0.1, -0.05) is 23.7 Å². The lowest BCUT2D eigenvalue weighted by molar-refractivity contribution is 0.214. The van der Waals surface area contributed by atoms with E-state index in [-0.39, 0.29) is 0 Å². The molecule has 17 heavy (non-hydrogen) atoms. The zero-order valence-corrected chi connectivity index (χ0v) is 11.2. The SMILES string of the molecule is CNCCN1CCC(c2cccc(Cl)c2)CC1. The number of likely N-dealkylation sites (tertiary alicyclic amines) is 1. The van der Waals surface area contributed by atoms with Crippen molar-refractivity contribution in [3.05, 3.63) is 34.9 Å². The maximum atomic E-state index is 6.04. The number of benzene rings is 1. The number of halogens is 1. The van der Waals surface area contributed by atoms with Crippen LogP contribution >= 0.6 is 11.6 Å². The predicted molar refractivity (Wildman–Crippen MR) is 73.8 cm³/mol. The van der Waals surface area contributed by atoms with Crippen LogP contribution in [0, 0.1) is 0 Å². The van der Waals surface area contributed by atoms with Gasteiger partial charge in [0, 0.05) is 18.1 Å². The van der Waals surface area contributed by atoms with Crippen LogP contribution in [0.3, 0.4) is 0 Å².